The fourth-order valence-electron chi connectivity index (χ4n) is 2.05. The summed E-state index contributed by atoms with van der Waals surface area (Å²) >= 11 is 0. The molecule has 0 saturated carbocycles. The molecule has 0 heterocycles. The van der Waals surface area contributed by atoms with Crippen LogP contribution < -0.4 is 11.3 Å². The highest BCUT2D eigenvalue weighted by molar-refractivity contribution is 5.37. The van der Waals surface area contributed by atoms with Gasteiger partial charge in [0.25, 0.3) is 0 Å². The van der Waals surface area contributed by atoms with Crippen molar-refractivity contribution in [3.8, 4) is 0 Å². The first-order valence-corrected chi connectivity index (χ1v) is 5.92. The van der Waals surface area contributed by atoms with Crippen LogP contribution in [0.25, 0.3) is 0 Å². The zero-order valence-electron chi connectivity index (χ0n) is 10.6. The third-order valence-corrected chi connectivity index (χ3v) is 3.03. The van der Waals surface area contributed by atoms with E-state index >= 15 is 0 Å². The van der Waals surface area contributed by atoms with Crippen molar-refractivity contribution in [2.45, 2.75) is 12.2 Å². The van der Waals surface area contributed by atoms with E-state index in [1.165, 1.54) is 18.2 Å². The number of alkyl halides is 3. The van der Waals surface area contributed by atoms with E-state index in [4.69, 9.17) is 5.84 Å². The van der Waals surface area contributed by atoms with Gasteiger partial charge in [-0.15, -0.1) is 0 Å². The fraction of sp³-hybridized carbons (Fsp3) is 0.143. The number of halogens is 5. The first-order chi connectivity index (χ1) is 9.86. The zero-order chi connectivity index (χ0) is 15.6. The Morgan fingerprint density at radius 1 is 0.905 bits per heavy atom. The lowest BCUT2D eigenvalue weighted by Gasteiger charge is -2.20. The maximum Gasteiger partial charge on any atom is 0.419 e. The average molecular weight is 302 g/mol. The van der Waals surface area contributed by atoms with Crippen molar-refractivity contribution >= 4 is 0 Å². The maximum atomic E-state index is 14.1. The summed E-state index contributed by atoms with van der Waals surface area (Å²) in [6.07, 6.45) is -4.84. The second-order valence-corrected chi connectivity index (χ2v) is 4.33. The molecule has 0 aromatic heterocycles. The average Bonchev–Trinajstić information content (AvgIpc) is 2.42. The van der Waals surface area contributed by atoms with Crippen LogP contribution in [0.15, 0.2) is 42.5 Å². The van der Waals surface area contributed by atoms with Gasteiger partial charge >= 0.3 is 6.18 Å². The van der Waals surface area contributed by atoms with Crippen molar-refractivity contribution in [1.29, 1.82) is 0 Å². The molecule has 0 aliphatic rings. The first-order valence-electron chi connectivity index (χ1n) is 5.92. The third-order valence-electron chi connectivity index (χ3n) is 3.03. The van der Waals surface area contributed by atoms with Gasteiger partial charge in [-0.25, -0.2) is 14.2 Å². The van der Waals surface area contributed by atoms with Crippen LogP contribution in [0.1, 0.15) is 22.7 Å². The van der Waals surface area contributed by atoms with Crippen LogP contribution in [0.3, 0.4) is 0 Å². The molecule has 0 radical (unpaired) electrons. The van der Waals surface area contributed by atoms with Gasteiger partial charge in [0.05, 0.1) is 11.6 Å². The molecule has 0 aliphatic carbocycles. The van der Waals surface area contributed by atoms with E-state index < -0.39 is 29.4 Å². The van der Waals surface area contributed by atoms with Crippen LogP contribution in [-0.2, 0) is 6.18 Å². The minimum Gasteiger partial charge on any atom is -0.271 e. The molecule has 0 amide bonds. The number of nitrogens with two attached hydrogens (primary N) is 1. The van der Waals surface area contributed by atoms with Gasteiger partial charge in [0.2, 0.25) is 0 Å². The lowest BCUT2D eigenvalue weighted by molar-refractivity contribution is -0.140. The van der Waals surface area contributed by atoms with Crippen LogP contribution in [0, 0.1) is 11.6 Å². The smallest absolute Gasteiger partial charge is 0.271 e. The number of nitrogens with one attached hydrogen (secondary N) is 1. The maximum absolute atomic E-state index is 14.1. The van der Waals surface area contributed by atoms with E-state index in [0.717, 1.165) is 18.2 Å². The molecule has 0 fully saturated rings. The molecule has 0 saturated heterocycles. The SMILES string of the molecule is NNC(c1ccccc1F)c1cccc(C(F)(F)F)c1F. The van der Waals surface area contributed by atoms with Crippen LogP contribution in [0.2, 0.25) is 0 Å². The molecule has 0 aliphatic heterocycles. The zero-order valence-corrected chi connectivity index (χ0v) is 10.6. The van der Waals surface area contributed by atoms with E-state index in [9.17, 15) is 22.0 Å². The summed E-state index contributed by atoms with van der Waals surface area (Å²) < 4.78 is 66.0. The molecule has 21 heavy (non-hydrogen) atoms. The standard InChI is InChI=1S/C14H11F5N2/c15-11-7-2-1-4-8(11)13(21-20)9-5-3-6-10(12(9)16)14(17,18)19/h1-7,13,21H,20H2. The summed E-state index contributed by atoms with van der Waals surface area (Å²) in [6, 6.07) is 6.89. The largest absolute Gasteiger partial charge is 0.419 e. The first kappa shape index (κ1) is 15.4. The van der Waals surface area contributed by atoms with Crippen molar-refractivity contribution in [3.05, 3.63) is 70.8 Å². The number of hydrogen-bond acceptors (Lipinski definition) is 2. The van der Waals surface area contributed by atoms with Gasteiger partial charge in [0.1, 0.15) is 11.6 Å². The lowest BCUT2D eigenvalue weighted by Crippen LogP contribution is -2.30. The fourth-order valence-corrected chi connectivity index (χ4v) is 2.05. The van der Waals surface area contributed by atoms with Crippen molar-refractivity contribution in [2.75, 3.05) is 0 Å². The van der Waals surface area contributed by atoms with E-state index in [1.807, 2.05) is 0 Å². The van der Waals surface area contributed by atoms with Crippen molar-refractivity contribution in [1.82, 2.24) is 5.43 Å². The number of hydrazine groups is 1. The Morgan fingerprint density at radius 2 is 1.52 bits per heavy atom. The van der Waals surface area contributed by atoms with Crippen molar-refractivity contribution in [3.63, 3.8) is 0 Å². The van der Waals surface area contributed by atoms with Gasteiger partial charge in [-0.05, 0) is 12.1 Å². The number of hydrogen-bond donors (Lipinski definition) is 2. The Kier molecular flexibility index (Phi) is 4.24. The predicted molar refractivity (Wildman–Crippen MR) is 67.0 cm³/mol. The highest BCUT2D eigenvalue weighted by atomic mass is 19.4. The van der Waals surface area contributed by atoms with Gasteiger partial charge in [-0.2, -0.15) is 13.2 Å². The molecule has 2 aromatic carbocycles. The van der Waals surface area contributed by atoms with Gasteiger partial charge < -0.3 is 0 Å². The molecular weight excluding hydrogens is 291 g/mol. The normalized spacial score (nSPS) is 13.2. The summed E-state index contributed by atoms with van der Waals surface area (Å²) in [5.41, 5.74) is 0.307. The molecular formula is C14H11F5N2. The highest BCUT2D eigenvalue weighted by Crippen LogP contribution is 2.35. The number of rotatable bonds is 3. The van der Waals surface area contributed by atoms with E-state index in [1.54, 1.807) is 0 Å². The van der Waals surface area contributed by atoms with Gasteiger partial charge in [0, 0.05) is 11.1 Å². The minimum absolute atomic E-state index is 0.0433. The Morgan fingerprint density at radius 3 is 2.10 bits per heavy atom. The van der Waals surface area contributed by atoms with E-state index in [2.05, 4.69) is 5.43 Å². The lowest BCUT2D eigenvalue weighted by atomic mass is 9.96. The molecule has 1 unspecified atom stereocenters. The molecule has 0 spiro atoms. The Balaban J connectivity index is 2.57. The van der Waals surface area contributed by atoms with Crippen LogP contribution >= 0.6 is 0 Å². The molecule has 0 bridgehead atoms. The highest BCUT2D eigenvalue weighted by Gasteiger charge is 2.36. The molecule has 2 nitrogen and oxygen atoms in total. The topological polar surface area (TPSA) is 38.0 Å². The van der Waals surface area contributed by atoms with Gasteiger partial charge in [-0.3, -0.25) is 5.84 Å². The molecule has 2 rings (SSSR count). The van der Waals surface area contributed by atoms with Crippen LogP contribution in [0.5, 0.6) is 0 Å². The monoisotopic (exact) mass is 302 g/mol. The molecule has 112 valence electrons. The number of benzene rings is 2. The van der Waals surface area contributed by atoms with Gasteiger partial charge in [0.15, 0.2) is 0 Å². The Hall–Kier alpha value is -1.99. The second-order valence-electron chi connectivity index (χ2n) is 4.33. The van der Waals surface area contributed by atoms with Crippen molar-refractivity contribution < 1.29 is 22.0 Å². The van der Waals surface area contributed by atoms with E-state index in [0.29, 0.717) is 6.07 Å². The quantitative estimate of drug-likeness (QED) is 0.517. The predicted octanol–water partition coefficient (Wildman–Crippen LogP) is 3.54. The summed E-state index contributed by atoms with van der Waals surface area (Å²) in [6.45, 7) is 0. The minimum atomic E-state index is -4.84. The summed E-state index contributed by atoms with van der Waals surface area (Å²) in [5.74, 6) is 3.10. The van der Waals surface area contributed by atoms with E-state index in [-0.39, 0.29) is 11.1 Å². The van der Waals surface area contributed by atoms with Gasteiger partial charge in [-0.1, -0.05) is 30.3 Å². The Labute approximate surface area is 117 Å². The summed E-state index contributed by atoms with van der Waals surface area (Å²) in [7, 11) is 0. The third kappa shape index (κ3) is 3.03. The summed E-state index contributed by atoms with van der Waals surface area (Å²) in [5, 5.41) is 0. The molecule has 2 aromatic rings. The van der Waals surface area contributed by atoms with Crippen molar-refractivity contribution in [2.24, 2.45) is 5.84 Å². The molecule has 3 N–H and O–H groups in total. The Bertz CT molecular complexity index is 640. The van der Waals surface area contributed by atoms with Crippen LogP contribution in [0.4, 0.5) is 22.0 Å². The summed E-state index contributed by atoms with van der Waals surface area (Å²) in [4.78, 5) is 0. The molecule has 7 heteroatoms. The van der Waals surface area contributed by atoms with Crippen LogP contribution in [-0.4, -0.2) is 0 Å². The molecule has 1 atom stereocenters. The second kappa shape index (κ2) is 5.79.